The van der Waals surface area contributed by atoms with Crippen LogP contribution in [0.4, 0.5) is 13.2 Å². The average molecular weight is 248 g/mol. The smallest absolute Gasteiger partial charge is 0.416 e. The number of hydrogen-bond acceptors (Lipinski definition) is 3. The molecule has 0 unspecified atom stereocenters. The molecule has 17 heavy (non-hydrogen) atoms. The number of rotatable bonds is 3. The maximum absolute atomic E-state index is 12.4. The van der Waals surface area contributed by atoms with Crippen LogP contribution in [0.1, 0.15) is 15.9 Å². The van der Waals surface area contributed by atoms with Crippen molar-refractivity contribution >= 4 is 11.8 Å². The van der Waals surface area contributed by atoms with Crippen LogP contribution in [0.3, 0.4) is 0 Å². The van der Waals surface area contributed by atoms with Crippen LogP contribution in [0.2, 0.25) is 0 Å². The van der Waals surface area contributed by atoms with E-state index in [2.05, 4.69) is 4.74 Å². The maximum atomic E-state index is 12.4. The van der Waals surface area contributed by atoms with E-state index in [-0.39, 0.29) is 5.75 Å². The van der Waals surface area contributed by atoms with Gasteiger partial charge in [-0.3, -0.25) is 4.79 Å². The van der Waals surface area contributed by atoms with E-state index >= 15 is 0 Å². The van der Waals surface area contributed by atoms with Crippen LogP contribution in [0, 0.1) is 0 Å². The first-order chi connectivity index (χ1) is 7.77. The molecule has 1 rings (SSSR count). The minimum absolute atomic E-state index is 0.217. The molecule has 1 aromatic rings. The summed E-state index contributed by atoms with van der Waals surface area (Å²) in [6.45, 7) is 0. The summed E-state index contributed by atoms with van der Waals surface area (Å²) in [5.74, 6) is -3.51. The Morgan fingerprint density at radius 1 is 1.29 bits per heavy atom. The highest BCUT2D eigenvalue weighted by molar-refractivity contribution is 6.40. The fourth-order valence-corrected chi connectivity index (χ4v) is 1.18. The molecular formula is C10H7F3O4. The molecule has 1 N–H and O–H groups in total. The van der Waals surface area contributed by atoms with Gasteiger partial charge in [-0.1, -0.05) is 0 Å². The second kappa shape index (κ2) is 4.44. The van der Waals surface area contributed by atoms with E-state index in [4.69, 9.17) is 5.11 Å². The zero-order chi connectivity index (χ0) is 13.2. The Bertz CT molecular complexity index is 465. The number of carbonyl (C=O) groups excluding carboxylic acids is 1. The van der Waals surface area contributed by atoms with Crippen LogP contribution >= 0.6 is 0 Å². The predicted octanol–water partition coefficient (Wildman–Crippen LogP) is 1.98. The number of hydrogen-bond donors (Lipinski definition) is 1. The lowest BCUT2D eigenvalue weighted by molar-refractivity contribution is -0.137. The van der Waals surface area contributed by atoms with Crippen LogP contribution in [0.25, 0.3) is 0 Å². The van der Waals surface area contributed by atoms with Crippen LogP contribution in [0.5, 0.6) is 5.75 Å². The number of alkyl halides is 3. The second-order valence-electron chi connectivity index (χ2n) is 3.05. The highest BCUT2D eigenvalue weighted by Gasteiger charge is 2.32. The third kappa shape index (κ3) is 2.74. The molecule has 0 saturated carbocycles. The van der Waals surface area contributed by atoms with E-state index in [0.717, 1.165) is 13.2 Å². The van der Waals surface area contributed by atoms with E-state index in [1.807, 2.05) is 0 Å². The van der Waals surface area contributed by atoms with Crippen molar-refractivity contribution in [1.82, 2.24) is 0 Å². The molecule has 0 bridgehead atoms. The Hall–Kier alpha value is -2.05. The summed E-state index contributed by atoms with van der Waals surface area (Å²) in [7, 11) is 1.13. The molecule has 0 aromatic heterocycles. The Labute approximate surface area is 93.6 Å². The predicted molar refractivity (Wildman–Crippen MR) is 50.0 cm³/mol. The van der Waals surface area contributed by atoms with Crippen LogP contribution in [0.15, 0.2) is 18.2 Å². The third-order valence-corrected chi connectivity index (χ3v) is 1.97. The summed E-state index contributed by atoms with van der Waals surface area (Å²) in [5.41, 5.74) is -1.74. The number of carboxylic acid groups (broad SMARTS) is 1. The molecule has 4 nitrogen and oxygen atoms in total. The summed E-state index contributed by atoms with van der Waals surface area (Å²) in [4.78, 5) is 21.6. The minimum Gasteiger partial charge on any atom is -0.496 e. The lowest BCUT2D eigenvalue weighted by Gasteiger charge is -2.10. The van der Waals surface area contributed by atoms with Gasteiger partial charge < -0.3 is 9.84 Å². The summed E-state index contributed by atoms with van der Waals surface area (Å²) >= 11 is 0. The summed E-state index contributed by atoms with van der Waals surface area (Å²) in [5, 5.41) is 8.46. The van der Waals surface area contributed by atoms with Crippen molar-refractivity contribution in [3.63, 3.8) is 0 Å². The quantitative estimate of drug-likeness (QED) is 0.656. The molecule has 0 radical (unpaired) electrons. The zero-order valence-electron chi connectivity index (χ0n) is 8.54. The number of aliphatic carboxylic acids is 1. The van der Waals surface area contributed by atoms with Gasteiger partial charge in [0.1, 0.15) is 5.75 Å². The number of benzene rings is 1. The van der Waals surface area contributed by atoms with Gasteiger partial charge in [-0.25, -0.2) is 4.79 Å². The van der Waals surface area contributed by atoms with Crippen molar-refractivity contribution in [2.24, 2.45) is 0 Å². The summed E-state index contributed by atoms with van der Waals surface area (Å²) in [6, 6.07) is 2.06. The van der Waals surface area contributed by atoms with Crippen molar-refractivity contribution in [2.45, 2.75) is 6.18 Å². The van der Waals surface area contributed by atoms with Crippen molar-refractivity contribution in [3.05, 3.63) is 29.3 Å². The molecule has 0 aliphatic rings. The highest BCUT2D eigenvalue weighted by Crippen LogP contribution is 2.32. The van der Waals surface area contributed by atoms with Crippen LogP contribution in [-0.4, -0.2) is 24.0 Å². The third-order valence-electron chi connectivity index (χ3n) is 1.97. The molecule has 0 fully saturated rings. The first-order valence-corrected chi connectivity index (χ1v) is 4.30. The Balaban J connectivity index is 3.35. The van der Waals surface area contributed by atoms with E-state index < -0.39 is 29.1 Å². The Morgan fingerprint density at radius 2 is 1.88 bits per heavy atom. The molecular weight excluding hydrogens is 241 g/mol. The van der Waals surface area contributed by atoms with Crippen molar-refractivity contribution in [1.29, 1.82) is 0 Å². The SMILES string of the molecule is COc1ccc(C(F)(F)F)cc1C(=O)C(=O)O. The standard InChI is InChI=1S/C10H7F3O4/c1-17-7-3-2-5(10(11,12)13)4-6(7)8(14)9(15)16/h2-4H,1H3,(H,15,16). The first-order valence-electron chi connectivity index (χ1n) is 4.30. The van der Waals surface area contributed by atoms with E-state index in [1.165, 1.54) is 0 Å². The first kappa shape index (κ1) is 13.0. The van der Waals surface area contributed by atoms with Crippen LogP contribution < -0.4 is 4.74 Å². The Morgan fingerprint density at radius 3 is 2.29 bits per heavy atom. The largest absolute Gasteiger partial charge is 0.496 e. The Kier molecular flexibility index (Phi) is 3.40. The van der Waals surface area contributed by atoms with Gasteiger partial charge in [-0.2, -0.15) is 13.2 Å². The number of methoxy groups -OCH3 is 1. The normalized spacial score (nSPS) is 11.1. The van der Waals surface area contributed by atoms with E-state index in [9.17, 15) is 22.8 Å². The van der Waals surface area contributed by atoms with Crippen LogP contribution in [-0.2, 0) is 11.0 Å². The van der Waals surface area contributed by atoms with Gasteiger partial charge in [0, 0.05) is 0 Å². The lowest BCUT2D eigenvalue weighted by atomic mass is 10.1. The number of halogens is 3. The topological polar surface area (TPSA) is 63.6 Å². The van der Waals surface area contributed by atoms with Gasteiger partial charge in [0.25, 0.3) is 5.78 Å². The number of carboxylic acids is 1. The number of ketones is 1. The maximum Gasteiger partial charge on any atom is 0.416 e. The van der Waals surface area contributed by atoms with Gasteiger partial charge in [-0.05, 0) is 18.2 Å². The van der Waals surface area contributed by atoms with Gasteiger partial charge in [0.2, 0.25) is 0 Å². The van der Waals surface area contributed by atoms with E-state index in [0.29, 0.717) is 12.1 Å². The van der Waals surface area contributed by atoms with Gasteiger partial charge in [0.15, 0.2) is 0 Å². The molecule has 0 spiro atoms. The molecule has 0 heterocycles. The fourth-order valence-electron chi connectivity index (χ4n) is 1.18. The van der Waals surface area contributed by atoms with Crippen molar-refractivity contribution < 1.29 is 32.6 Å². The molecule has 7 heteroatoms. The number of Topliss-reactive ketones (excluding diaryl/α,β-unsaturated/α-hetero) is 1. The molecule has 0 aliphatic carbocycles. The fraction of sp³-hybridized carbons (Fsp3) is 0.200. The highest BCUT2D eigenvalue weighted by atomic mass is 19.4. The van der Waals surface area contributed by atoms with Crippen molar-refractivity contribution in [3.8, 4) is 5.75 Å². The van der Waals surface area contributed by atoms with E-state index in [1.54, 1.807) is 0 Å². The summed E-state index contributed by atoms with van der Waals surface area (Å²) in [6.07, 6.45) is -4.65. The number of ether oxygens (including phenoxy) is 1. The molecule has 0 saturated heterocycles. The van der Waals surface area contributed by atoms with Gasteiger partial charge in [-0.15, -0.1) is 0 Å². The molecule has 0 atom stereocenters. The molecule has 0 amide bonds. The zero-order valence-corrected chi connectivity index (χ0v) is 8.54. The average Bonchev–Trinajstić information content (AvgIpc) is 2.25. The minimum atomic E-state index is -4.65. The monoisotopic (exact) mass is 248 g/mol. The summed E-state index contributed by atoms with van der Waals surface area (Å²) < 4.78 is 41.7. The van der Waals surface area contributed by atoms with Crippen molar-refractivity contribution in [2.75, 3.05) is 7.11 Å². The molecule has 92 valence electrons. The lowest BCUT2D eigenvalue weighted by Crippen LogP contribution is -2.15. The molecule has 0 aliphatic heterocycles. The second-order valence-corrected chi connectivity index (χ2v) is 3.05. The number of carbonyl (C=O) groups is 2. The van der Waals surface area contributed by atoms with Gasteiger partial charge in [0.05, 0.1) is 18.2 Å². The van der Waals surface area contributed by atoms with Gasteiger partial charge >= 0.3 is 12.1 Å². The molecule has 1 aromatic carbocycles.